The Bertz CT molecular complexity index is 799. The minimum atomic E-state index is -1.44. The predicted octanol–water partition coefficient (Wildman–Crippen LogP) is 3.62. The number of hydrogen-bond donors (Lipinski definition) is 2. The van der Waals surface area contributed by atoms with Crippen molar-refractivity contribution in [2.24, 2.45) is 0 Å². The lowest BCUT2D eigenvalue weighted by molar-refractivity contribution is 0.0651. The summed E-state index contributed by atoms with van der Waals surface area (Å²) in [6.07, 6.45) is 0. The van der Waals surface area contributed by atoms with Crippen molar-refractivity contribution in [1.82, 2.24) is 0 Å². The van der Waals surface area contributed by atoms with Crippen LogP contribution in [0.5, 0.6) is 0 Å². The van der Waals surface area contributed by atoms with Crippen LogP contribution in [0.15, 0.2) is 36.4 Å². The molecule has 0 aromatic heterocycles. The first-order chi connectivity index (χ1) is 10.3. The van der Waals surface area contributed by atoms with Crippen LogP contribution in [0.1, 0.15) is 36.6 Å². The molecule has 0 unspecified atom stereocenters. The number of carboxylic acid groups (broad SMARTS) is 2. The lowest BCUT2D eigenvalue weighted by Crippen LogP contribution is -2.11. The zero-order chi connectivity index (χ0) is 16.4. The summed E-state index contributed by atoms with van der Waals surface area (Å²) in [7, 11) is 0. The van der Waals surface area contributed by atoms with E-state index in [0.29, 0.717) is 0 Å². The molecule has 0 amide bonds. The number of benzene rings is 2. The Kier molecular flexibility index (Phi) is 4.49. The maximum Gasteiger partial charge on any atom is 0.336 e. The molecule has 0 saturated heterocycles. The molecule has 2 rings (SSSR count). The summed E-state index contributed by atoms with van der Waals surface area (Å²) in [6.45, 7) is 0. The fourth-order valence-corrected chi connectivity index (χ4v) is 2.27. The maximum atomic E-state index is 12.4. The van der Waals surface area contributed by atoms with E-state index in [0.717, 1.165) is 12.1 Å². The van der Waals surface area contributed by atoms with Gasteiger partial charge in [0.15, 0.2) is 5.78 Å². The van der Waals surface area contributed by atoms with E-state index in [4.69, 9.17) is 33.4 Å². The number of hydrogen-bond acceptors (Lipinski definition) is 3. The molecule has 0 radical (unpaired) electrons. The minimum Gasteiger partial charge on any atom is -0.478 e. The maximum absolute atomic E-state index is 12.4. The van der Waals surface area contributed by atoms with Gasteiger partial charge < -0.3 is 10.2 Å². The van der Waals surface area contributed by atoms with Gasteiger partial charge in [0.1, 0.15) is 0 Å². The van der Waals surface area contributed by atoms with E-state index in [-0.39, 0.29) is 21.2 Å². The summed E-state index contributed by atoms with van der Waals surface area (Å²) in [6, 6.07) is 7.79. The van der Waals surface area contributed by atoms with E-state index >= 15 is 0 Å². The average Bonchev–Trinajstić information content (AvgIpc) is 2.48. The molecule has 0 aliphatic rings. The van der Waals surface area contributed by atoms with Gasteiger partial charge in [-0.05, 0) is 24.3 Å². The van der Waals surface area contributed by atoms with Crippen molar-refractivity contribution in [3.8, 4) is 0 Å². The van der Waals surface area contributed by atoms with E-state index in [9.17, 15) is 14.4 Å². The van der Waals surface area contributed by atoms with E-state index in [2.05, 4.69) is 0 Å². The monoisotopic (exact) mass is 338 g/mol. The van der Waals surface area contributed by atoms with E-state index in [1.54, 1.807) is 0 Å². The van der Waals surface area contributed by atoms with Crippen molar-refractivity contribution >= 4 is 40.9 Å². The molecule has 0 heterocycles. The van der Waals surface area contributed by atoms with Gasteiger partial charge in [-0.1, -0.05) is 35.3 Å². The highest BCUT2D eigenvalue weighted by Crippen LogP contribution is 2.28. The van der Waals surface area contributed by atoms with Crippen molar-refractivity contribution in [3.63, 3.8) is 0 Å². The van der Waals surface area contributed by atoms with Crippen molar-refractivity contribution < 1.29 is 24.6 Å². The summed E-state index contributed by atoms with van der Waals surface area (Å²) < 4.78 is 0. The quantitative estimate of drug-likeness (QED) is 0.830. The first kappa shape index (κ1) is 16.0. The largest absolute Gasteiger partial charge is 0.478 e. The molecule has 2 N–H and O–H groups in total. The molecule has 0 spiro atoms. The molecule has 0 aliphatic heterocycles. The lowest BCUT2D eigenvalue weighted by atomic mass is 9.98. The fourth-order valence-electron chi connectivity index (χ4n) is 1.88. The molecule has 5 nitrogen and oxygen atoms in total. The van der Waals surface area contributed by atoms with Crippen LogP contribution in [-0.2, 0) is 0 Å². The molecule has 7 heteroatoms. The molecular formula is C15H8Cl2O5. The number of ketones is 1. The second-order valence-electron chi connectivity index (χ2n) is 4.30. The van der Waals surface area contributed by atoms with E-state index < -0.39 is 28.8 Å². The second kappa shape index (κ2) is 6.17. The fraction of sp³-hybridized carbons (Fsp3) is 0. The van der Waals surface area contributed by atoms with E-state index in [1.165, 1.54) is 24.3 Å². The standard InChI is InChI=1S/C15H8Cl2O5/c16-11-3-1-2-9(12(11)17)13(18)7-4-5-8(14(19)20)10(6-7)15(21)22/h1-6H,(H,19,20)(H,21,22). The Morgan fingerprint density at radius 1 is 0.818 bits per heavy atom. The van der Waals surface area contributed by atoms with Crippen LogP contribution in [0, 0.1) is 0 Å². The summed E-state index contributed by atoms with van der Waals surface area (Å²) >= 11 is 11.8. The van der Waals surface area contributed by atoms with Crippen LogP contribution in [0.2, 0.25) is 10.0 Å². The molecule has 0 aliphatic carbocycles. The zero-order valence-corrected chi connectivity index (χ0v) is 12.4. The minimum absolute atomic E-state index is 0.00608. The van der Waals surface area contributed by atoms with E-state index in [1.807, 2.05) is 0 Å². The van der Waals surface area contributed by atoms with Crippen LogP contribution in [0.3, 0.4) is 0 Å². The Labute approximate surface area is 134 Å². The summed E-state index contributed by atoms with van der Waals surface area (Å²) in [4.78, 5) is 34.5. The third-order valence-corrected chi connectivity index (χ3v) is 3.76. The molecule has 112 valence electrons. The van der Waals surface area contributed by atoms with Gasteiger partial charge in [-0.25, -0.2) is 9.59 Å². The van der Waals surface area contributed by atoms with Gasteiger partial charge in [-0.3, -0.25) is 4.79 Å². The summed E-state index contributed by atoms with van der Waals surface area (Å²) in [5.41, 5.74) is -0.766. The third-order valence-electron chi connectivity index (χ3n) is 2.94. The number of carboxylic acids is 2. The first-order valence-corrected chi connectivity index (χ1v) is 6.68. The van der Waals surface area contributed by atoms with Gasteiger partial charge in [0.2, 0.25) is 0 Å². The Morgan fingerprint density at radius 2 is 1.45 bits per heavy atom. The number of carbonyl (C=O) groups is 3. The van der Waals surface area contributed by atoms with Gasteiger partial charge in [-0.2, -0.15) is 0 Å². The normalized spacial score (nSPS) is 10.3. The van der Waals surface area contributed by atoms with Crippen LogP contribution in [-0.4, -0.2) is 27.9 Å². The third kappa shape index (κ3) is 2.95. The summed E-state index contributed by atoms with van der Waals surface area (Å²) in [5, 5.41) is 18.3. The molecule has 0 saturated carbocycles. The van der Waals surface area contributed by atoms with Gasteiger partial charge >= 0.3 is 11.9 Å². The summed E-state index contributed by atoms with van der Waals surface area (Å²) in [5.74, 6) is -3.38. The number of halogens is 2. The average molecular weight is 339 g/mol. The molecule has 2 aromatic carbocycles. The number of carbonyl (C=O) groups excluding carboxylic acids is 1. The molecule has 0 fully saturated rings. The molecule has 0 atom stereocenters. The Morgan fingerprint density at radius 3 is 2.05 bits per heavy atom. The van der Waals surface area contributed by atoms with Crippen LogP contribution in [0.25, 0.3) is 0 Å². The molecular weight excluding hydrogens is 331 g/mol. The Hall–Kier alpha value is -2.37. The van der Waals surface area contributed by atoms with Crippen LogP contribution >= 0.6 is 23.2 Å². The van der Waals surface area contributed by atoms with Crippen molar-refractivity contribution in [2.45, 2.75) is 0 Å². The Balaban J connectivity index is 2.56. The van der Waals surface area contributed by atoms with Crippen LogP contribution < -0.4 is 0 Å². The predicted molar refractivity (Wildman–Crippen MR) is 80.3 cm³/mol. The number of rotatable bonds is 4. The van der Waals surface area contributed by atoms with Crippen molar-refractivity contribution in [1.29, 1.82) is 0 Å². The zero-order valence-electron chi connectivity index (χ0n) is 10.8. The highest BCUT2D eigenvalue weighted by Gasteiger charge is 2.20. The lowest BCUT2D eigenvalue weighted by Gasteiger charge is -2.07. The smallest absolute Gasteiger partial charge is 0.336 e. The number of aromatic carboxylic acids is 2. The second-order valence-corrected chi connectivity index (χ2v) is 5.09. The molecule has 22 heavy (non-hydrogen) atoms. The first-order valence-electron chi connectivity index (χ1n) is 5.92. The highest BCUT2D eigenvalue weighted by molar-refractivity contribution is 6.44. The van der Waals surface area contributed by atoms with Crippen molar-refractivity contribution in [3.05, 3.63) is 68.7 Å². The van der Waals surface area contributed by atoms with Gasteiger partial charge in [0, 0.05) is 11.1 Å². The highest BCUT2D eigenvalue weighted by atomic mass is 35.5. The van der Waals surface area contributed by atoms with Crippen molar-refractivity contribution in [2.75, 3.05) is 0 Å². The molecule has 0 bridgehead atoms. The van der Waals surface area contributed by atoms with Gasteiger partial charge in [-0.15, -0.1) is 0 Å². The van der Waals surface area contributed by atoms with Gasteiger partial charge in [0.25, 0.3) is 0 Å². The van der Waals surface area contributed by atoms with Crippen LogP contribution in [0.4, 0.5) is 0 Å². The topological polar surface area (TPSA) is 91.7 Å². The molecule has 2 aromatic rings. The van der Waals surface area contributed by atoms with Gasteiger partial charge in [0.05, 0.1) is 21.2 Å². The SMILES string of the molecule is O=C(O)c1ccc(C(=O)c2cccc(Cl)c2Cl)cc1C(=O)O.